The lowest BCUT2D eigenvalue weighted by Gasteiger charge is -2.50. The summed E-state index contributed by atoms with van der Waals surface area (Å²) in [6.45, 7) is 7.10. The average molecular weight is 449 g/mol. The van der Waals surface area contributed by atoms with Crippen molar-refractivity contribution >= 4 is 30.7 Å². The molecule has 166 valence electrons. The van der Waals surface area contributed by atoms with E-state index in [0.717, 1.165) is 78.0 Å². The standard InChI is InChI=1S/C19H32N6O2.2ClH/c26-18(21-5-1-8-25-9-7-22-23-25)19-4-2-17(24-10-12-27-13-11-24)14-16(19)3-6-20-15-19;;/h7,9,16-17,20H,1-6,8,10-15H2,(H,21,26);2*1H/t16-,17-,19-;;/m1../s1. The highest BCUT2D eigenvalue weighted by Crippen LogP contribution is 2.46. The van der Waals surface area contributed by atoms with Crippen LogP contribution in [0.1, 0.15) is 32.1 Å². The minimum Gasteiger partial charge on any atom is -0.379 e. The highest BCUT2D eigenvalue weighted by atomic mass is 35.5. The second-order valence-electron chi connectivity index (χ2n) is 8.17. The predicted octanol–water partition coefficient (Wildman–Crippen LogP) is 1.11. The van der Waals surface area contributed by atoms with Crippen molar-refractivity contribution in [3.63, 3.8) is 0 Å². The van der Waals surface area contributed by atoms with Gasteiger partial charge in [0.1, 0.15) is 0 Å². The zero-order valence-electron chi connectivity index (χ0n) is 16.9. The van der Waals surface area contributed by atoms with Crippen molar-refractivity contribution in [2.24, 2.45) is 11.3 Å². The number of nitrogens with one attached hydrogen (secondary N) is 2. The van der Waals surface area contributed by atoms with Crippen LogP contribution in [0, 0.1) is 11.3 Å². The van der Waals surface area contributed by atoms with Crippen molar-refractivity contribution in [3.05, 3.63) is 12.4 Å². The molecule has 0 unspecified atom stereocenters. The Bertz CT molecular complexity index is 614. The Balaban J connectivity index is 0.00000150. The quantitative estimate of drug-likeness (QED) is 0.634. The number of aryl methyl sites for hydroxylation is 1. The fourth-order valence-corrected chi connectivity index (χ4v) is 5.14. The first kappa shape index (κ1) is 24.3. The number of fused-ring (bicyclic) bond motifs is 1. The van der Waals surface area contributed by atoms with E-state index in [-0.39, 0.29) is 36.1 Å². The van der Waals surface area contributed by atoms with Crippen LogP contribution in [0.4, 0.5) is 0 Å². The lowest BCUT2D eigenvalue weighted by atomic mass is 9.61. The molecule has 2 saturated heterocycles. The van der Waals surface area contributed by atoms with Crippen LogP contribution in [0.5, 0.6) is 0 Å². The largest absolute Gasteiger partial charge is 0.379 e. The number of ether oxygens (including phenoxy) is 1. The molecule has 29 heavy (non-hydrogen) atoms. The molecule has 10 heteroatoms. The molecule has 0 aromatic carbocycles. The minimum atomic E-state index is -0.228. The molecule has 1 aromatic heterocycles. The maximum absolute atomic E-state index is 13.2. The summed E-state index contributed by atoms with van der Waals surface area (Å²) in [5.74, 6) is 0.731. The molecule has 3 atom stereocenters. The summed E-state index contributed by atoms with van der Waals surface area (Å²) in [7, 11) is 0. The number of nitrogens with zero attached hydrogens (tertiary/aromatic N) is 4. The molecule has 2 aliphatic heterocycles. The number of carbonyl (C=O) groups is 1. The first-order chi connectivity index (χ1) is 13.3. The molecule has 1 aromatic rings. The number of morpholine rings is 1. The molecule has 3 heterocycles. The van der Waals surface area contributed by atoms with E-state index in [9.17, 15) is 4.79 Å². The molecule has 3 aliphatic rings. The summed E-state index contributed by atoms with van der Waals surface area (Å²) < 4.78 is 7.32. The van der Waals surface area contributed by atoms with Crippen LogP contribution < -0.4 is 10.6 Å². The van der Waals surface area contributed by atoms with Crippen LogP contribution in [0.2, 0.25) is 0 Å². The Morgan fingerprint density at radius 2 is 2.10 bits per heavy atom. The van der Waals surface area contributed by atoms with Gasteiger partial charge in [-0.05, 0) is 44.6 Å². The van der Waals surface area contributed by atoms with Crippen molar-refractivity contribution in [2.75, 3.05) is 45.9 Å². The topological polar surface area (TPSA) is 84.3 Å². The number of aromatic nitrogens is 3. The summed E-state index contributed by atoms with van der Waals surface area (Å²) in [5, 5.41) is 14.5. The SMILES string of the molecule is Cl.Cl.O=C(NCCCn1ccnn1)[C@@]12CC[C@@H](N3CCOCC3)C[C@H]1CCNC2. The molecule has 4 rings (SSSR count). The van der Waals surface area contributed by atoms with Crippen molar-refractivity contribution in [1.29, 1.82) is 0 Å². The van der Waals surface area contributed by atoms with Gasteiger partial charge in [-0.1, -0.05) is 5.21 Å². The number of carbonyl (C=O) groups excluding carboxylic acids is 1. The number of halogens is 2. The van der Waals surface area contributed by atoms with E-state index in [1.54, 1.807) is 6.20 Å². The van der Waals surface area contributed by atoms with E-state index in [0.29, 0.717) is 18.5 Å². The molecular formula is C19H34Cl2N6O2. The highest BCUT2D eigenvalue weighted by Gasteiger charge is 2.50. The van der Waals surface area contributed by atoms with Gasteiger partial charge in [-0.25, -0.2) is 0 Å². The molecule has 2 N–H and O–H groups in total. The second-order valence-corrected chi connectivity index (χ2v) is 8.17. The maximum atomic E-state index is 13.2. The number of amides is 1. The van der Waals surface area contributed by atoms with E-state index < -0.39 is 0 Å². The van der Waals surface area contributed by atoms with Gasteiger partial charge in [0.15, 0.2) is 0 Å². The second kappa shape index (κ2) is 11.5. The van der Waals surface area contributed by atoms with Gasteiger partial charge in [0, 0.05) is 45.0 Å². The summed E-state index contributed by atoms with van der Waals surface area (Å²) in [6, 6.07) is 0.616. The first-order valence-electron chi connectivity index (χ1n) is 10.4. The zero-order valence-corrected chi connectivity index (χ0v) is 18.6. The van der Waals surface area contributed by atoms with Crippen LogP contribution in [0.3, 0.4) is 0 Å². The van der Waals surface area contributed by atoms with Gasteiger partial charge in [-0.15, -0.1) is 29.9 Å². The van der Waals surface area contributed by atoms with Crippen molar-refractivity contribution in [1.82, 2.24) is 30.5 Å². The Labute approximate surface area is 185 Å². The van der Waals surface area contributed by atoms with E-state index in [1.807, 2.05) is 10.9 Å². The zero-order chi connectivity index (χ0) is 18.5. The van der Waals surface area contributed by atoms with E-state index >= 15 is 0 Å². The summed E-state index contributed by atoms with van der Waals surface area (Å²) in [6.07, 6.45) is 8.77. The first-order valence-corrected chi connectivity index (χ1v) is 10.4. The van der Waals surface area contributed by atoms with Crippen molar-refractivity contribution < 1.29 is 9.53 Å². The van der Waals surface area contributed by atoms with Gasteiger partial charge in [0.25, 0.3) is 0 Å². The predicted molar refractivity (Wildman–Crippen MR) is 116 cm³/mol. The van der Waals surface area contributed by atoms with E-state index in [4.69, 9.17) is 4.74 Å². The number of hydrogen-bond acceptors (Lipinski definition) is 6. The summed E-state index contributed by atoms with van der Waals surface area (Å²) >= 11 is 0. The fourth-order valence-electron chi connectivity index (χ4n) is 5.14. The average Bonchev–Trinajstić information content (AvgIpc) is 3.25. The van der Waals surface area contributed by atoms with Gasteiger partial charge < -0.3 is 15.4 Å². The fraction of sp³-hybridized carbons (Fsp3) is 0.842. The van der Waals surface area contributed by atoms with Crippen molar-refractivity contribution in [2.45, 2.75) is 44.7 Å². The van der Waals surface area contributed by atoms with Gasteiger partial charge in [0.2, 0.25) is 5.91 Å². The number of hydrogen-bond donors (Lipinski definition) is 2. The van der Waals surface area contributed by atoms with Gasteiger partial charge >= 0.3 is 0 Å². The monoisotopic (exact) mass is 448 g/mol. The highest BCUT2D eigenvalue weighted by molar-refractivity contribution is 5.85. The van der Waals surface area contributed by atoms with Crippen LogP contribution in [0.25, 0.3) is 0 Å². The summed E-state index contributed by atoms with van der Waals surface area (Å²) in [5.41, 5.74) is -0.228. The normalized spacial score (nSPS) is 29.8. The number of rotatable bonds is 6. The Hall–Kier alpha value is -0.930. The Morgan fingerprint density at radius 3 is 2.86 bits per heavy atom. The molecule has 0 bridgehead atoms. The molecule has 8 nitrogen and oxygen atoms in total. The minimum absolute atomic E-state index is 0. The third-order valence-corrected chi connectivity index (χ3v) is 6.71. The molecule has 3 fully saturated rings. The van der Waals surface area contributed by atoms with E-state index in [2.05, 4.69) is 25.8 Å². The Kier molecular flexibility index (Phi) is 9.62. The van der Waals surface area contributed by atoms with Crippen LogP contribution in [-0.4, -0.2) is 77.8 Å². The van der Waals surface area contributed by atoms with Crippen molar-refractivity contribution in [3.8, 4) is 0 Å². The Morgan fingerprint density at radius 1 is 1.28 bits per heavy atom. The molecule has 1 saturated carbocycles. The van der Waals surface area contributed by atoms with Crippen LogP contribution in [0.15, 0.2) is 12.4 Å². The summed E-state index contributed by atoms with van der Waals surface area (Å²) in [4.78, 5) is 15.8. The lowest BCUT2D eigenvalue weighted by Crippen LogP contribution is -2.60. The molecular weight excluding hydrogens is 415 g/mol. The smallest absolute Gasteiger partial charge is 0.227 e. The molecule has 0 spiro atoms. The number of piperidine rings is 1. The molecule has 0 radical (unpaired) electrons. The van der Waals surface area contributed by atoms with Gasteiger partial charge in [-0.2, -0.15) is 0 Å². The van der Waals surface area contributed by atoms with Gasteiger partial charge in [0.05, 0.1) is 24.8 Å². The van der Waals surface area contributed by atoms with Crippen LogP contribution in [-0.2, 0) is 16.1 Å². The third-order valence-electron chi connectivity index (χ3n) is 6.71. The van der Waals surface area contributed by atoms with Crippen LogP contribution >= 0.6 is 24.8 Å². The molecule has 1 aliphatic carbocycles. The van der Waals surface area contributed by atoms with E-state index in [1.165, 1.54) is 0 Å². The maximum Gasteiger partial charge on any atom is 0.227 e. The van der Waals surface area contributed by atoms with Gasteiger partial charge in [-0.3, -0.25) is 14.4 Å². The molecule has 1 amide bonds. The lowest BCUT2D eigenvalue weighted by molar-refractivity contribution is -0.140. The third kappa shape index (κ3) is 5.61.